The molecule has 0 atom stereocenters. The summed E-state index contributed by atoms with van der Waals surface area (Å²) in [6, 6.07) is 66.8. The summed E-state index contributed by atoms with van der Waals surface area (Å²) in [7, 11) is -7.83. The molecule has 2 nitrogen and oxygen atoms in total. The fourth-order valence-electron chi connectivity index (χ4n) is 6.53. The molecule has 0 amide bonds. The zero-order chi connectivity index (χ0) is 29.6. The molecule has 0 radical (unpaired) electrons. The number of rotatable bonds is 10. The van der Waals surface area contributed by atoms with Crippen LogP contribution >= 0.6 is 0 Å². The van der Waals surface area contributed by atoms with E-state index in [4.69, 9.17) is 0 Å². The Morgan fingerprint density at radius 2 is 0.457 bits per heavy atom. The van der Waals surface area contributed by atoms with Crippen LogP contribution in [-0.4, -0.2) is 24.9 Å². The Balaban J connectivity index is 0.00000192. The first-order chi connectivity index (χ1) is 21.0. The minimum absolute atomic E-state index is 0. The summed E-state index contributed by atoms with van der Waals surface area (Å²) in [6.45, 7) is 4.92. The van der Waals surface area contributed by atoms with Gasteiger partial charge in [0.25, 0.3) is 0 Å². The Morgan fingerprint density at radius 3 is 0.609 bits per heavy atom. The third-order valence-corrected chi connectivity index (χ3v) is 23.4. The molecule has 0 saturated heterocycles. The van der Waals surface area contributed by atoms with E-state index in [0.717, 1.165) is 0 Å². The fourth-order valence-corrected chi connectivity index (χ4v) is 24.5. The summed E-state index contributed by atoms with van der Waals surface area (Å²) in [6.07, 6.45) is 0. The average Bonchev–Trinajstić information content (AvgIpc) is 3.08. The Hall–Kier alpha value is -2.65. The maximum absolute atomic E-state index is 4.52. The number of halogens is 2. The van der Waals surface area contributed by atoms with Gasteiger partial charge in [0, 0.05) is 0 Å². The molecule has 0 heterocycles. The van der Waals surface area contributed by atoms with Crippen LogP contribution in [0.5, 0.6) is 0 Å². The number of benzene rings is 6. The molecule has 0 aliphatic carbocycles. The van der Waals surface area contributed by atoms with Crippen LogP contribution in [0.15, 0.2) is 182 Å². The van der Waals surface area contributed by atoms with Gasteiger partial charge in [-0.3, -0.25) is 0 Å². The molecule has 6 rings (SSSR count). The van der Waals surface area contributed by atoms with E-state index in [0.29, 0.717) is 0 Å². The summed E-state index contributed by atoms with van der Waals surface area (Å²) in [4.78, 5) is 0. The zero-order valence-electron chi connectivity index (χ0n) is 26.1. The normalized spacial score (nSPS) is 11.3. The van der Waals surface area contributed by atoms with Crippen molar-refractivity contribution in [3.05, 3.63) is 182 Å². The molecule has 6 aromatic rings. The summed E-state index contributed by atoms with van der Waals surface area (Å²) < 4.78 is 9.04. The molecular formula is C38H38Cl2N2Si3Zr. The second-order valence-corrected chi connectivity index (χ2v) is 23.3. The van der Waals surface area contributed by atoms with E-state index in [9.17, 15) is 0 Å². The van der Waals surface area contributed by atoms with Crippen molar-refractivity contribution in [2.45, 2.75) is 13.1 Å². The van der Waals surface area contributed by atoms with Gasteiger partial charge >= 0.3 is 26.2 Å². The average molecular weight is 769 g/mol. The Morgan fingerprint density at radius 1 is 0.304 bits per heavy atom. The van der Waals surface area contributed by atoms with Crippen LogP contribution in [0.3, 0.4) is 0 Å². The fraction of sp³-hybridized carbons (Fsp3) is 0.0526. The Labute approximate surface area is 309 Å². The maximum atomic E-state index is 4.52. The quantitative estimate of drug-likeness (QED) is 0.127. The van der Waals surface area contributed by atoms with Gasteiger partial charge in [-0.25, -0.2) is 0 Å². The molecule has 0 saturated carbocycles. The van der Waals surface area contributed by atoms with Crippen molar-refractivity contribution in [2.75, 3.05) is 0 Å². The van der Waals surface area contributed by atoms with Crippen LogP contribution in [0, 0.1) is 0 Å². The largest absolute Gasteiger partial charge is 2.00 e. The van der Waals surface area contributed by atoms with Crippen molar-refractivity contribution in [1.29, 1.82) is 0 Å². The van der Waals surface area contributed by atoms with Gasteiger partial charge in [-0.15, -0.1) is 0 Å². The molecule has 0 unspecified atom stereocenters. The van der Waals surface area contributed by atoms with Gasteiger partial charge < -0.3 is 34.1 Å². The molecule has 0 aliphatic rings. The summed E-state index contributed by atoms with van der Waals surface area (Å²) >= 11 is 0. The molecule has 6 aromatic carbocycles. The van der Waals surface area contributed by atoms with Crippen LogP contribution in [0.25, 0.3) is 0 Å². The van der Waals surface area contributed by atoms with Gasteiger partial charge in [0.2, 0.25) is 16.5 Å². The van der Waals surface area contributed by atoms with Gasteiger partial charge in [0.15, 0.2) is 8.40 Å². The molecule has 0 aromatic heterocycles. The van der Waals surface area contributed by atoms with Crippen LogP contribution in [0.2, 0.25) is 13.1 Å². The standard InChI is InChI=1S/C38H38N2Si3.2ClH.Zr/c1-41(2,39-42(33-21-9-3-10-22-33,34-23-11-4-12-24-34)35-25-13-5-14-26-35)40-43(36-27-15-6-16-28-36,37-29-17-7-18-30-37)38-31-19-8-20-32-38;;;/h3-32,39-40H,1-2H3;2*1H;/q;;;+2/p-2. The van der Waals surface area contributed by atoms with Crippen molar-refractivity contribution in [2.24, 2.45) is 0 Å². The number of nitrogens with one attached hydrogen (secondary N) is 2. The van der Waals surface area contributed by atoms with E-state index in [1.807, 2.05) is 0 Å². The first kappa shape index (κ1) is 37.8. The molecule has 0 aliphatic heterocycles. The van der Waals surface area contributed by atoms with E-state index in [2.05, 4.69) is 204 Å². The predicted molar refractivity (Wildman–Crippen MR) is 192 cm³/mol. The van der Waals surface area contributed by atoms with E-state index in [-0.39, 0.29) is 51.0 Å². The molecule has 8 heteroatoms. The van der Waals surface area contributed by atoms with Crippen molar-refractivity contribution in [1.82, 2.24) is 9.30 Å². The third-order valence-electron chi connectivity index (χ3n) is 8.24. The van der Waals surface area contributed by atoms with Crippen LogP contribution < -0.4 is 65.2 Å². The van der Waals surface area contributed by atoms with E-state index < -0.39 is 24.9 Å². The zero-order valence-corrected chi connectivity index (χ0v) is 33.0. The van der Waals surface area contributed by atoms with Gasteiger partial charge in [0.1, 0.15) is 0 Å². The second-order valence-electron chi connectivity index (χ2n) is 11.6. The molecule has 2 N–H and O–H groups in total. The van der Waals surface area contributed by atoms with Crippen molar-refractivity contribution < 1.29 is 51.0 Å². The van der Waals surface area contributed by atoms with Gasteiger partial charge in [0.05, 0.1) is 0 Å². The Kier molecular flexibility index (Phi) is 13.9. The monoisotopic (exact) mass is 766 g/mol. The molecule has 230 valence electrons. The van der Waals surface area contributed by atoms with Gasteiger partial charge in [-0.1, -0.05) is 182 Å². The summed E-state index contributed by atoms with van der Waals surface area (Å²) in [5, 5.41) is 8.17. The minimum atomic E-state index is -2.69. The van der Waals surface area contributed by atoms with Gasteiger partial charge in [-0.2, -0.15) is 0 Å². The molecule has 0 bridgehead atoms. The summed E-state index contributed by atoms with van der Waals surface area (Å²) in [5.74, 6) is 0. The molecular weight excluding hydrogens is 731 g/mol. The molecule has 46 heavy (non-hydrogen) atoms. The van der Waals surface area contributed by atoms with Crippen molar-refractivity contribution >= 4 is 56.0 Å². The predicted octanol–water partition coefficient (Wildman–Crippen LogP) is -1.79. The topological polar surface area (TPSA) is 24.1 Å². The second kappa shape index (κ2) is 17.0. The van der Waals surface area contributed by atoms with E-state index in [1.165, 1.54) is 31.1 Å². The smallest absolute Gasteiger partial charge is 1.00 e. The van der Waals surface area contributed by atoms with Crippen LogP contribution in [0.4, 0.5) is 0 Å². The molecule has 0 fully saturated rings. The minimum Gasteiger partial charge on any atom is -1.00 e. The van der Waals surface area contributed by atoms with Crippen molar-refractivity contribution in [3.63, 3.8) is 0 Å². The van der Waals surface area contributed by atoms with Crippen molar-refractivity contribution in [3.8, 4) is 0 Å². The Bertz CT molecular complexity index is 1410. The SMILES string of the molecule is C[Si](C)(N[Si](c1ccccc1)(c1ccccc1)c1ccccc1)N[Si](c1ccccc1)(c1ccccc1)c1ccccc1.[Cl-].[Cl-].[Zr+2]. The van der Waals surface area contributed by atoms with E-state index in [1.54, 1.807) is 0 Å². The third kappa shape index (κ3) is 7.73. The molecule has 0 spiro atoms. The van der Waals surface area contributed by atoms with Crippen LogP contribution in [0.1, 0.15) is 0 Å². The number of hydrogen-bond acceptors (Lipinski definition) is 2. The van der Waals surface area contributed by atoms with E-state index >= 15 is 0 Å². The summed E-state index contributed by atoms with van der Waals surface area (Å²) in [5.41, 5.74) is 0. The first-order valence-electron chi connectivity index (χ1n) is 15.0. The maximum Gasteiger partial charge on any atom is 2.00 e. The number of hydrogen-bond donors (Lipinski definition) is 2. The first-order valence-corrected chi connectivity index (χ1v) is 22.0. The van der Waals surface area contributed by atoms with Gasteiger partial charge in [-0.05, 0) is 44.2 Å². The van der Waals surface area contributed by atoms with Crippen LogP contribution in [-0.2, 0) is 26.2 Å².